The van der Waals surface area contributed by atoms with Crippen molar-refractivity contribution in [3.05, 3.63) is 29.8 Å². The number of benzene rings is 1. The highest BCUT2D eigenvalue weighted by Gasteiger charge is 2.24. The van der Waals surface area contributed by atoms with Gasteiger partial charge >= 0.3 is 0 Å². The molecule has 0 aromatic heterocycles. The number of nitrogens with one attached hydrogen (secondary N) is 1. The van der Waals surface area contributed by atoms with Crippen molar-refractivity contribution in [1.29, 1.82) is 0 Å². The maximum absolute atomic E-state index is 5.61. The normalized spacial score (nSPS) is 20.4. The number of nitrogens with zero attached hydrogens (tertiary/aromatic N) is 1. The molecule has 1 aromatic rings. The molecule has 18 heavy (non-hydrogen) atoms. The lowest BCUT2D eigenvalue weighted by atomic mass is 9.99. The summed E-state index contributed by atoms with van der Waals surface area (Å²) >= 11 is 0. The Morgan fingerprint density at radius 3 is 2.89 bits per heavy atom. The Kier molecular flexibility index (Phi) is 4.61. The molecule has 3 heteroatoms. The number of hydrogen-bond donors (Lipinski definition) is 1. The van der Waals surface area contributed by atoms with Crippen molar-refractivity contribution in [1.82, 2.24) is 5.32 Å². The molecule has 0 aliphatic carbocycles. The van der Waals surface area contributed by atoms with Crippen LogP contribution < -0.4 is 10.2 Å². The summed E-state index contributed by atoms with van der Waals surface area (Å²) in [5.74, 6) is 0.555. The van der Waals surface area contributed by atoms with Gasteiger partial charge in [0.15, 0.2) is 0 Å². The molecule has 0 radical (unpaired) electrons. The fourth-order valence-corrected chi connectivity index (χ4v) is 2.61. The highest BCUT2D eigenvalue weighted by Crippen LogP contribution is 2.29. The van der Waals surface area contributed by atoms with Gasteiger partial charge in [0.2, 0.25) is 0 Å². The first-order valence-corrected chi connectivity index (χ1v) is 6.82. The van der Waals surface area contributed by atoms with Gasteiger partial charge in [-0.05, 0) is 24.6 Å². The van der Waals surface area contributed by atoms with Crippen LogP contribution in [0.3, 0.4) is 0 Å². The lowest BCUT2D eigenvalue weighted by Crippen LogP contribution is -2.50. The molecule has 1 fully saturated rings. The molecule has 1 atom stereocenters. The van der Waals surface area contributed by atoms with Crippen molar-refractivity contribution in [2.75, 3.05) is 38.3 Å². The topological polar surface area (TPSA) is 24.5 Å². The van der Waals surface area contributed by atoms with Gasteiger partial charge in [-0.2, -0.15) is 0 Å². The average Bonchev–Trinajstić information content (AvgIpc) is 2.40. The summed E-state index contributed by atoms with van der Waals surface area (Å²) < 4.78 is 5.61. The quantitative estimate of drug-likeness (QED) is 0.884. The highest BCUT2D eigenvalue weighted by atomic mass is 16.5. The van der Waals surface area contributed by atoms with Crippen molar-refractivity contribution < 1.29 is 4.74 Å². The minimum atomic E-state index is 0.434. The minimum absolute atomic E-state index is 0.434. The second-order valence-electron chi connectivity index (χ2n) is 5.19. The first kappa shape index (κ1) is 13.4. The molecule has 2 rings (SSSR count). The minimum Gasteiger partial charge on any atom is -0.377 e. The van der Waals surface area contributed by atoms with Crippen molar-refractivity contribution in [3.63, 3.8) is 0 Å². The molecule has 1 saturated heterocycles. The fraction of sp³-hybridized carbons (Fsp3) is 0.600. The maximum Gasteiger partial charge on any atom is 0.0683 e. The zero-order valence-corrected chi connectivity index (χ0v) is 11.6. The zero-order valence-electron chi connectivity index (χ0n) is 11.6. The van der Waals surface area contributed by atoms with Crippen molar-refractivity contribution in [2.24, 2.45) is 0 Å². The lowest BCUT2D eigenvalue weighted by molar-refractivity contribution is 0.0942. The van der Waals surface area contributed by atoms with E-state index >= 15 is 0 Å². The Morgan fingerprint density at radius 1 is 1.39 bits per heavy atom. The summed E-state index contributed by atoms with van der Waals surface area (Å²) in [7, 11) is 2.00. The monoisotopic (exact) mass is 248 g/mol. The van der Waals surface area contributed by atoms with Crippen LogP contribution >= 0.6 is 0 Å². The molecule has 0 saturated carbocycles. The number of morpholine rings is 1. The fourth-order valence-electron chi connectivity index (χ4n) is 2.61. The van der Waals surface area contributed by atoms with Crippen LogP contribution in [0.15, 0.2) is 24.3 Å². The van der Waals surface area contributed by atoms with Gasteiger partial charge in [0, 0.05) is 18.8 Å². The average molecular weight is 248 g/mol. The van der Waals surface area contributed by atoms with E-state index in [2.05, 4.69) is 48.3 Å². The molecule has 1 N–H and O–H groups in total. The van der Waals surface area contributed by atoms with E-state index in [0.29, 0.717) is 12.0 Å². The summed E-state index contributed by atoms with van der Waals surface area (Å²) in [6.07, 6.45) is 0. The van der Waals surface area contributed by atoms with E-state index in [0.717, 1.165) is 26.3 Å². The van der Waals surface area contributed by atoms with Crippen molar-refractivity contribution >= 4 is 5.69 Å². The van der Waals surface area contributed by atoms with Crippen LogP contribution in [0, 0.1) is 0 Å². The zero-order chi connectivity index (χ0) is 13.0. The molecular weight excluding hydrogens is 224 g/mol. The molecule has 0 spiro atoms. The largest absolute Gasteiger partial charge is 0.377 e. The molecular formula is C15H24N2O. The van der Waals surface area contributed by atoms with E-state index in [1.807, 2.05) is 7.05 Å². The van der Waals surface area contributed by atoms with Crippen molar-refractivity contribution in [3.8, 4) is 0 Å². The Hall–Kier alpha value is -1.06. The van der Waals surface area contributed by atoms with Crippen LogP contribution in [0.5, 0.6) is 0 Å². The second kappa shape index (κ2) is 6.21. The molecule has 1 aromatic carbocycles. The van der Waals surface area contributed by atoms with Gasteiger partial charge in [-0.25, -0.2) is 0 Å². The van der Waals surface area contributed by atoms with Gasteiger partial charge in [-0.3, -0.25) is 0 Å². The SMILES string of the molecule is CNCC1COCCN1c1ccccc1C(C)C. The summed E-state index contributed by atoms with van der Waals surface area (Å²) in [5, 5.41) is 3.26. The van der Waals surface area contributed by atoms with Crippen molar-refractivity contribution in [2.45, 2.75) is 25.8 Å². The predicted molar refractivity (Wildman–Crippen MR) is 76.4 cm³/mol. The van der Waals surface area contributed by atoms with Gasteiger partial charge < -0.3 is 15.0 Å². The number of ether oxygens (including phenoxy) is 1. The standard InChI is InChI=1S/C15H24N2O/c1-12(2)14-6-4-5-7-15(14)17-8-9-18-11-13(17)10-16-3/h4-7,12-13,16H,8-11H2,1-3H3. The van der Waals surface area contributed by atoms with Crippen LogP contribution in [0.25, 0.3) is 0 Å². The third kappa shape index (κ3) is 2.85. The Balaban J connectivity index is 2.27. The second-order valence-corrected chi connectivity index (χ2v) is 5.19. The number of para-hydroxylation sites is 1. The van der Waals surface area contributed by atoms with Gasteiger partial charge in [0.1, 0.15) is 0 Å². The molecule has 1 heterocycles. The van der Waals surface area contributed by atoms with E-state index in [1.54, 1.807) is 0 Å². The van der Waals surface area contributed by atoms with Gasteiger partial charge in [0.05, 0.1) is 19.3 Å². The van der Waals surface area contributed by atoms with E-state index < -0.39 is 0 Å². The van der Waals surface area contributed by atoms with Crippen LogP contribution in [-0.4, -0.2) is 39.4 Å². The van der Waals surface area contributed by atoms with E-state index in [4.69, 9.17) is 4.74 Å². The molecule has 1 aliphatic heterocycles. The molecule has 0 bridgehead atoms. The van der Waals surface area contributed by atoms with Gasteiger partial charge in [-0.15, -0.1) is 0 Å². The first-order chi connectivity index (χ1) is 8.74. The van der Waals surface area contributed by atoms with E-state index in [1.165, 1.54) is 11.3 Å². The van der Waals surface area contributed by atoms with Gasteiger partial charge in [0.25, 0.3) is 0 Å². The third-order valence-electron chi connectivity index (χ3n) is 3.54. The van der Waals surface area contributed by atoms with Gasteiger partial charge in [-0.1, -0.05) is 32.0 Å². The smallest absolute Gasteiger partial charge is 0.0683 e. The third-order valence-corrected chi connectivity index (χ3v) is 3.54. The first-order valence-electron chi connectivity index (χ1n) is 6.82. The van der Waals surface area contributed by atoms with Crippen LogP contribution in [-0.2, 0) is 4.74 Å². The summed E-state index contributed by atoms with van der Waals surface area (Å²) in [6.45, 7) is 8.10. The number of anilines is 1. The molecule has 0 amide bonds. The van der Waals surface area contributed by atoms with Crippen LogP contribution in [0.1, 0.15) is 25.3 Å². The Labute approximate surface area is 110 Å². The van der Waals surface area contributed by atoms with E-state index in [9.17, 15) is 0 Å². The number of likely N-dealkylation sites (N-methyl/N-ethyl adjacent to an activating group) is 1. The molecule has 3 nitrogen and oxygen atoms in total. The molecule has 100 valence electrons. The number of hydrogen-bond acceptors (Lipinski definition) is 3. The maximum atomic E-state index is 5.61. The number of rotatable bonds is 4. The summed E-state index contributed by atoms with van der Waals surface area (Å²) in [4.78, 5) is 2.50. The summed E-state index contributed by atoms with van der Waals surface area (Å²) in [6, 6.07) is 9.18. The molecule has 1 unspecified atom stereocenters. The van der Waals surface area contributed by atoms with Crippen LogP contribution in [0.4, 0.5) is 5.69 Å². The summed E-state index contributed by atoms with van der Waals surface area (Å²) in [5.41, 5.74) is 2.80. The predicted octanol–water partition coefficient (Wildman–Crippen LogP) is 2.23. The van der Waals surface area contributed by atoms with Crippen LogP contribution in [0.2, 0.25) is 0 Å². The molecule has 1 aliphatic rings. The highest BCUT2D eigenvalue weighted by molar-refractivity contribution is 5.56. The Bertz CT molecular complexity index is 377. The lowest BCUT2D eigenvalue weighted by Gasteiger charge is -2.39. The van der Waals surface area contributed by atoms with E-state index in [-0.39, 0.29) is 0 Å². The Morgan fingerprint density at radius 2 is 2.17 bits per heavy atom.